The minimum Gasteiger partial charge on any atom is -0.299 e. The molecule has 0 aromatic rings. The number of hydrogen-bond acceptors (Lipinski definition) is 4. The van der Waals surface area contributed by atoms with Crippen LogP contribution in [-0.2, 0) is 19.2 Å². The van der Waals surface area contributed by atoms with Gasteiger partial charge in [0.15, 0.2) is 0 Å². The number of carbonyl (C=O) groups excluding carboxylic acids is 4. The van der Waals surface area contributed by atoms with Gasteiger partial charge in [-0.05, 0) is 151 Å². The second-order valence-corrected chi connectivity index (χ2v) is 18.3. The highest BCUT2D eigenvalue weighted by atomic mass is 16.2. The standard InChI is InChI=1S/C44H62O4/c45-41-33-5-1-3-7-35(33)43(47)39-25-29(17-23-37(39)41)11-9-27-13-19-31(20-14-27)32-21-15-28(16-22-32)10-12-30-18-24-38-40(26-30)44(48)36-8-4-2-6-34(36)42(38)46/h9-12,27-40H,1-8,13-26H2/b11-9+,12-10+. The van der Waals surface area contributed by atoms with Crippen LogP contribution in [0.1, 0.15) is 141 Å². The fourth-order valence-corrected chi connectivity index (χ4v) is 13.0. The average Bonchev–Trinajstić information content (AvgIpc) is 3.14. The molecule has 0 radical (unpaired) electrons. The summed E-state index contributed by atoms with van der Waals surface area (Å²) in [4.78, 5) is 53.3. The number of allylic oxidation sites excluding steroid dienone is 4. The molecule has 10 atom stereocenters. The maximum absolute atomic E-state index is 13.4. The first-order valence-electron chi connectivity index (χ1n) is 21.0. The van der Waals surface area contributed by atoms with Crippen molar-refractivity contribution in [1.82, 2.24) is 0 Å². The molecule has 8 fully saturated rings. The molecule has 0 aromatic heterocycles. The van der Waals surface area contributed by atoms with Crippen LogP contribution in [0.3, 0.4) is 0 Å². The average molecular weight is 655 g/mol. The SMILES string of the molecule is O=C1C2CCCCC2C(=O)C2CC(/C=C/C3CCC(C4CCC(/C=C/C5CCC6C(=O)C7CCCCC7C(=O)C6C5)CC4)CC3)CCC12. The predicted molar refractivity (Wildman–Crippen MR) is 189 cm³/mol. The Morgan fingerprint density at radius 3 is 0.917 bits per heavy atom. The Morgan fingerprint density at radius 2 is 0.562 bits per heavy atom. The van der Waals surface area contributed by atoms with Gasteiger partial charge in [0.2, 0.25) is 0 Å². The molecule has 0 heterocycles. The molecule has 8 saturated carbocycles. The molecular weight excluding hydrogens is 592 g/mol. The van der Waals surface area contributed by atoms with E-state index in [1.807, 2.05) is 0 Å². The van der Waals surface area contributed by atoms with E-state index < -0.39 is 0 Å². The molecule has 0 bridgehead atoms. The van der Waals surface area contributed by atoms with Crippen molar-refractivity contribution in [2.75, 3.05) is 0 Å². The van der Waals surface area contributed by atoms with Crippen molar-refractivity contribution in [3.8, 4) is 0 Å². The lowest BCUT2D eigenvalue weighted by atomic mass is 9.57. The van der Waals surface area contributed by atoms with Crippen LogP contribution in [0.5, 0.6) is 0 Å². The lowest BCUT2D eigenvalue weighted by Crippen LogP contribution is -2.50. The first-order valence-corrected chi connectivity index (χ1v) is 21.0. The van der Waals surface area contributed by atoms with E-state index in [1.165, 1.54) is 51.4 Å². The van der Waals surface area contributed by atoms with Gasteiger partial charge in [0, 0.05) is 47.3 Å². The summed E-state index contributed by atoms with van der Waals surface area (Å²) in [5.74, 6) is 6.18. The van der Waals surface area contributed by atoms with Crippen LogP contribution in [0, 0.1) is 82.9 Å². The van der Waals surface area contributed by atoms with E-state index in [-0.39, 0.29) is 47.3 Å². The van der Waals surface area contributed by atoms with Crippen molar-refractivity contribution < 1.29 is 19.2 Å². The van der Waals surface area contributed by atoms with Crippen LogP contribution < -0.4 is 0 Å². The van der Waals surface area contributed by atoms with E-state index in [1.54, 1.807) is 0 Å². The quantitative estimate of drug-likeness (QED) is 0.277. The third kappa shape index (κ3) is 6.54. The minimum absolute atomic E-state index is 0.00658. The van der Waals surface area contributed by atoms with Crippen LogP contribution in [0.2, 0.25) is 0 Å². The monoisotopic (exact) mass is 654 g/mol. The van der Waals surface area contributed by atoms with Gasteiger partial charge in [-0.2, -0.15) is 0 Å². The van der Waals surface area contributed by atoms with Crippen LogP contribution in [0.15, 0.2) is 24.3 Å². The summed E-state index contributed by atoms with van der Waals surface area (Å²) < 4.78 is 0. The summed E-state index contributed by atoms with van der Waals surface area (Å²) >= 11 is 0. The van der Waals surface area contributed by atoms with Crippen LogP contribution >= 0.6 is 0 Å². The van der Waals surface area contributed by atoms with E-state index in [4.69, 9.17) is 0 Å². The van der Waals surface area contributed by atoms with Gasteiger partial charge in [0.1, 0.15) is 23.1 Å². The summed E-state index contributed by atoms with van der Waals surface area (Å²) in [5.41, 5.74) is 0. The van der Waals surface area contributed by atoms with E-state index in [2.05, 4.69) is 24.3 Å². The number of ketones is 4. The predicted octanol–water partition coefficient (Wildman–Crippen LogP) is 9.69. The van der Waals surface area contributed by atoms with E-state index in [9.17, 15) is 19.2 Å². The van der Waals surface area contributed by atoms with Crippen molar-refractivity contribution >= 4 is 23.1 Å². The normalized spacial score (nSPS) is 47.0. The number of fused-ring (bicyclic) bond motifs is 4. The summed E-state index contributed by atoms with van der Waals surface area (Å²) in [5, 5.41) is 0. The third-order valence-corrected chi connectivity index (χ3v) is 15.8. The van der Waals surface area contributed by atoms with Crippen molar-refractivity contribution in [3.63, 3.8) is 0 Å². The smallest absolute Gasteiger partial charge is 0.140 e. The maximum atomic E-state index is 13.4. The molecule has 48 heavy (non-hydrogen) atoms. The van der Waals surface area contributed by atoms with Gasteiger partial charge in [-0.3, -0.25) is 19.2 Å². The number of rotatable bonds is 5. The van der Waals surface area contributed by atoms with Gasteiger partial charge >= 0.3 is 0 Å². The third-order valence-electron chi connectivity index (χ3n) is 15.8. The number of Topliss-reactive ketones (excluding diaryl/α,β-unsaturated/α-hetero) is 4. The molecule has 0 amide bonds. The fourth-order valence-electron chi connectivity index (χ4n) is 13.0. The number of hydrogen-bond donors (Lipinski definition) is 0. The van der Waals surface area contributed by atoms with Crippen LogP contribution in [-0.4, -0.2) is 23.1 Å². The highest BCUT2D eigenvalue weighted by Crippen LogP contribution is 2.50. The zero-order valence-electron chi connectivity index (χ0n) is 29.6. The van der Waals surface area contributed by atoms with Crippen molar-refractivity contribution in [2.45, 2.75) is 141 Å². The molecule has 0 saturated heterocycles. The van der Waals surface area contributed by atoms with Crippen molar-refractivity contribution in [3.05, 3.63) is 24.3 Å². The van der Waals surface area contributed by atoms with Gasteiger partial charge < -0.3 is 0 Å². The Balaban J connectivity index is 0.763. The topological polar surface area (TPSA) is 68.3 Å². The van der Waals surface area contributed by atoms with Gasteiger partial charge in [0.25, 0.3) is 0 Å². The van der Waals surface area contributed by atoms with E-state index in [0.29, 0.717) is 46.8 Å². The summed E-state index contributed by atoms with van der Waals surface area (Å²) in [6.07, 6.45) is 34.9. The van der Waals surface area contributed by atoms with Crippen molar-refractivity contribution in [1.29, 1.82) is 0 Å². The summed E-state index contributed by atoms with van der Waals surface area (Å²) in [6, 6.07) is 0. The highest BCUT2D eigenvalue weighted by Gasteiger charge is 2.52. The molecule has 4 heteroatoms. The second-order valence-electron chi connectivity index (χ2n) is 18.3. The molecule has 4 nitrogen and oxygen atoms in total. The van der Waals surface area contributed by atoms with E-state index >= 15 is 0 Å². The second kappa shape index (κ2) is 14.4. The Kier molecular flexibility index (Phi) is 10.0. The van der Waals surface area contributed by atoms with Crippen molar-refractivity contribution in [2.24, 2.45) is 82.9 Å². The molecule has 8 rings (SSSR count). The minimum atomic E-state index is 0.00658. The zero-order valence-corrected chi connectivity index (χ0v) is 29.6. The zero-order chi connectivity index (χ0) is 32.8. The molecule has 8 aliphatic rings. The largest absolute Gasteiger partial charge is 0.299 e. The molecule has 10 unspecified atom stereocenters. The Bertz CT molecular complexity index is 1180. The summed E-state index contributed by atoms with van der Waals surface area (Å²) in [7, 11) is 0. The maximum Gasteiger partial charge on any atom is 0.140 e. The first kappa shape index (κ1) is 33.3. The highest BCUT2D eigenvalue weighted by molar-refractivity contribution is 6.00. The molecule has 0 aromatic carbocycles. The molecule has 8 aliphatic carbocycles. The fraction of sp³-hybridized carbons (Fsp3) is 0.818. The Labute approximate surface area is 290 Å². The van der Waals surface area contributed by atoms with Gasteiger partial charge in [-0.1, -0.05) is 50.0 Å². The van der Waals surface area contributed by atoms with Crippen LogP contribution in [0.4, 0.5) is 0 Å². The molecule has 0 N–H and O–H groups in total. The Morgan fingerprint density at radius 1 is 0.292 bits per heavy atom. The van der Waals surface area contributed by atoms with Gasteiger partial charge in [-0.15, -0.1) is 0 Å². The van der Waals surface area contributed by atoms with Crippen LogP contribution in [0.25, 0.3) is 0 Å². The van der Waals surface area contributed by atoms with E-state index in [0.717, 1.165) is 102 Å². The summed E-state index contributed by atoms with van der Waals surface area (Å²) in [6.45, 7) is 0. The van der Waals surface area contributed by atoms with Gasteiger partial charge in [0.05, 0.1) is 0 Å². The molecular formula is C44H62O4. The molecule has 0 spiro atoms. The molecule has 0 aliphatic heterocycles. The van der Waals surface area contributed by atoms with Gasteiger partial charge in [-0.25, -0.2) is 0 Å². The molecule has 262 valence electrons. The Hall–Kier alpha value is -1.84. The first-order chi connectivity index (χ1) is 23.4. The number of carbonyl (C=O) groups is 4. The lowest BCUT2D eigenvalue weighted by Gasteiger charge is -2.44. The lowest BCUT2D eigenvalue weighted by molar-refractivity contribution is -0.151.